The highest BCUT2D eigenvalue weighted by molar-refractivity contribution is 9.10. The van der Waals surface area contributed by atoms with Gasteiger partial charge in [-0.2, -0.15) is 0 Å². The standard InChI is InChI=1S/C13H12BrFN4O2/c14-12-6-18(7-17-12)11-2-1-8(3-10(11)15)19-5-9(4-16)21-13(19)20/h1-3,6-7,9H,4-5,16H2/t9-/m1/s1. The molecule has 3 rings (SSSR count). The maximum Gasteiger partial charge on any atom is 0.414 e. The number of carbonyl (C=O) groups excluding carboxylic acids is 1. The number of hydrogen-bond acceptors (Lipinski definition) is 4. The molecule has 1 fully saturated rings. The number of imidazole rings is 1. The predicted octanol–water partition coefficient (Wildman–Crippen LogP) is 2.06. The largest absolute Gasteiger partial charge is 0.443 e. The number of rotatable bonds is 3. The number of benzene rings is 1. The summed E-state index contributed by atoms with van der Waals surface area (Å²) in [5, 5.41) is 0. The zero-order valence-corrected chi connectivity index (χ0v) is 12.5. The second-order valence-corrected chi connectivity index (χ2v) is 5.40. The van der Waals surface area contributed by atoms with Crippen LogP contribution in [0.4, 0.5) is 14.9 Å². The van der Waals surface area contributed by atoms with Gasteiger partial charge in [-0.1, -0.05) is 0 Å². The number of nitrogens with zero attached hydrogens (tertiary/aromatic N) is 3. The first-order valence-electron chi connectivity index (χ1n) is 6.26. The van der Waals surface area contributed by atoms with E-state index in [9.17, 15) is 9.18 Å². The number of anilines is 1. The predicted molar refractivity (Wildman–Crippen MR) is 77.9 cm³/mol. The van der Waals surface area contributed by atoms with Crippen molar-refractivity contribution in [2.24, 2.45) is 5.73 Å². The lowest BCUT2D eigenvalue weighted by Crippen LogP contribution is -2.27. The van der Waals surface area contributed by atoms with Gasteiger partial charge in [0.25, 0.3) is 0 Å². The van der Waals surface area contributed by atoms with Gasteiger partial charge in [-0.25, -0.2) is 14.2 Å². The molecule has 0 saturated carbocycles. The van der Waals surface area contributed by atoms with E-state index in [1.165, 1.54) is 17.3 Å². The molecule has 0 radical (unpaired) electrons. The van der Waals surface area contributed by atoms with E-state index in [0.717, 1.165) is 0 Å². The lowest BCUT2D eigenvalue weighted by molar-refractivity contribution is 0.145. The Morgan fingerprint density at radius 1 is 1.52 bits per heavy atom. The first kappa shape index (κ1) is 14.0. The molecule has 2 N–H and O–H groups in total. The van der Waals surface area contributed by atoms with Crippen LogP contribution < -0.4 is 10.6 Å². The number of nitrogens with two attached hydrogens (primary N) is 1. The first-order valence-corrected chi connectivity index (χ1v) is 7.05. The van der Waals surface area contributed by atoms with Gasteiger partial charge in [-0.05, 0) is 34.1 Å². The van der Waals surface area contributed by atoms with Crippen LogP contribution in [-0.4, -0.2) is 34.8 Å². The molecular weight excluding hydrogens is 343 g/mol. The molecular formula is C13H12BrFN4O2. The number of cyclic esters (lactones) is 1. The van der Waals surface area contributed by atoms with Crippen molar-refractivity contribution in [1.82, 2.24) is 9.55 Å². The third-order valence-corrected chi connectivity index (χ3v) is 3.62. The van der Waals surface area contributed by atoms with Crippen molar-refractivity contribution in [2.75, 3.05) is 18.0 Å². The Morgan fingerprint density at radius 2 is 2.33 bits per heavy atom. The minimum atomic E-state index is -0.511. The van der Waals surface area contributed by atoms with Crippen molar-refractivity contribution in [3.63, 3.8) is 0 Å². The summed E-state index contributed by atoms with van der Waals surface area (Å²) >= 11 is 3.21. The smallest absolute Gasteiger partial charge is 0.414 e. The van der Waals surface area contributed by atoms with Gasteiger partial charge in [0.15, 0.2) is 0 Å². The van der Waals surface area contributed by atoms with Crippen molar-refractivity contribution in [3.05, 3.63) is 41.1 Å². The zero-order valence-electron chi connectivity index (χ0n) is 10.9. The summed E-state index contributed by atoms with van der Waals surface area (Å²) in [6.07, 6.45) is 2.27. The van der Waals surface area contributed by atoms with Gasteiger partial charge in [0, 0.05) is 12.7 Å². The lowest BCUT2D eigenvalue weighted by Gasteiger charge is -2.14. The molecule has 1 aliphatic heterocycles. The van der Waals surface area contributed by atoms with E-state index < -0.39 is 11.9 Å². The van der Waals surface area contributed by atoms with Gasteiger partial charge >= 0.3 is 6.09 Å². The van der Waals surface area contributed by atoms with Crippen LogP contribution in [0.5, 0.6) is 0 Å². The third-order valence-electron chi connectivity index (χ3n) is 3.21. The molecule has 1 aliphatic rings. The molecule has 8 heteroatoms. The van der Waals surface area contributed by atoms with E-state index in [2.05, 4.69) is 20.9 Å². The summed E-state index contributed by atoms with van der Waals surface area (Å²) in [6.45, 7) is 0.566. The Bertz CT molecular complexity index is 691. The Labute approximate surface area is 128 Å². The molecule has 1 saturated heterocycles. The number of amides is 1. The molecule has 1 amide bonds. The monoisotopic (exact) mass is 354 g/mol. The van der Waals surface area contributed by atoms with E-state index in [-0.39, 0.29) is 12.6 Å². The Kier molecular flexibility index (Phi) is 3.64. The van der Waals surface area contributed by atoms with Crippen molar-refractivity contribution in [2.45, 2.75) is 6.10 Å². The molecule has 0 aliphatic carbocycles. The molecule has 6 nitrogen and oxygen atoms in total. The second-order valence-electron chi connectivity index (χ2n) is 4.59. The molecule has 110 valence electrons. The maximum absolute atomic E-state index is 14.2. The average Bonchev–Trinajstić information content (AvgIpc) is 3.04. The number of hydrogen-bond donors (Lipinski definition) is 1. The van der Waals surface area contributed by atoms with Gasteiger partial charge in [-0.3, -0.25) is 4.90 Å². The number of ether oxygens (including phenoxy) is 1. The van der Waals surface area contributed by atoms with E-state index in [1.54, 1.807) is 22.9 Å². The number of aromatic nitrogens is 2. The number of carbonyl (C=O) groups is 1. The van der Waals surface area contributed by atoms with Crippen molar-refractivity contribution in [3.8, 4) is 5.69 Å². The highest BCUT2D eigenvalue weighted by Crippen LogP contribution is 2.25. The summed E-state index contributed by atoms with van der Waals surface area (Å²) < 4.78 is 21.5. The SMILES string of the molecule is NC[C@@H]1CN(c2ccc(-n3cnc(Br)c3)c(F)c2)C(=O)O1. The van der Waals surface area contributed by atoms with E-state index in [4.69, 9.17) is 10.5 Å². The Balaban J connectivity index is 1.90. The van der Waals surface area contributed by atoms with Crippen molar-refractivity contribution < 1.29 is 13.9 Å². The maximum atomic E-state index is 14.2. The zero-order chi connectivity index (χ0) is 15.0. The van der Waals surface area contributed by atoms with Crippen molar-refractivity contribution >= 4 is 27.7 Å². The molecule has 1 aromatic heterocycles. The minimum absolute atomic E-state index is 0.242. The fourth-order valence-electron chi connectivity index (χ4n) is 2.16. The quantitative estimate of drug-likeness (QED) is 0.915. The van der Waals surface area contributed by atoms with Gasteiger partial charge in [0.1, 0.15) is 22.9 Å². The van der Waals surface area contributed by atoms with E-state index >= 15 is 0 Å². The lowest BCUT2D eigenvalue weighted by atomic mass is 10.2. The summed E-state index contributed by atoms with van der Waals surface area (Å²) in [4.78, 5) is 17.1. The van der Waals surface area contributed by atoms with Crippen LogP contribution in [0.25, 0.3) is 5.69 Å². The van der Waals surface area contributed by atoms with Crippen LogP contribution in [0.2, 0.25) is 0 Å². The molecule has 1 atom stereocenters. The van der Waals surface area contributed by atoms with Gasteiger partial charge in [-0.15, -0.1) is 0 Å². The van der Waals surface area contributed by atoms with E-state index in [0.29, 0.717) is 22.5 Å². The van der Waals surface area contributed by atoms with Gasteiger partial charge < -0.3 is 15.0 Å². The highest BCUT2D eigenvalue weighted by Gasteiger charge is 2.31. The van der Waals surface area contributed by atoms with Gasteiger partial charge in [0.05, 0.1) is 17.9 Å². The Morgan fingerprint density at radius 3 is 2.90 bits per heavy atom. The summed E-state index contributed by atoms with van der Waals surface area (Å²) in [7, 11) is 0. The van der Waals surface area contributed by atoms with Crippen LogP contribution in [0.15, 0.2) is 35.3 Å². The normalized spacial score (nSPS) is 18.1. The molecule has 2 aromatic rings. The topological polar surface area (TPSA) is 73.4 Å². The third kappa shape index (κ3) is 2.64. The highest BCUT2D eigenvalue weighted by atomic mass is 79.9. The fourth-order valence-corrected chi connectivity index (χ4v) is 2.47. The fraction of sp³-hybridized carbons (Fsp3) is 0.231. The molecule has 2 heterocycles. The van der Waals surface area contributed by atoms with Crippen LogP contribution in [0.3, 0.4) is 0 Å². The average molecular weight is 355 g/mol. The summed E-state index contributed by atoms with van der Waals surface area (Å²) in [5.41, 5.74) is 6.26. The van der Waals surface area contributed by atoms with Crippen molar-refractivity contribution in [1.29, 1.82) is 0 Å². The van der Waals surface area contributed by atoms with Crippen LogP contribution in [0.1, 0.15) is 0 Å². The summed E-state index contributed by atoms with van der Waals surface area (Å²) in [6, 6.07) is 4.54. The minimum Gasteiger partial charge on any atom is -0.443 e. The van der Waals surface area contributed by atoms with Crippen LogP contribution in [0, 0.1) is 5.82 Å². The molecule has 1 aromatic carbocycles. The first-order chi connectivity index (χ1) is 10.1. The molecule has 0 unspecified atom stereocenters. The van der Waals surface area contributed by atoms with E-state index in [1.807, 2.05) is 0 Å². The molecule has 0 bridgehead atoms. The Hall–Kier alpha value is -1.93. The molecule has 0 spiro atoms. The second kappa shape index (κ2) is 5.45. The van der Waals surface area contributed by atoms with Crippen LogP contribution in [-0.2, 0) is 4.74 Å². The number of halogens is 2. The molecule has 21 heavy (non-hydrogen) atoms. The summed E-state index contributed by atoms with van der Waals surface area (Å²) in [5.74, 6) is -0.457. The van der Waals surface area contributed by atoms with Gasteiger partial charge in [0.2, 0.25) is 0 Å². The van der Waals surface area contributed by atoms with Crippen LogP contribution >= 0.6 is 15.9 Å².